The number of ketones is 1. The normalized spacial score (nSPS) is 11.1. The van der Waals surface area contributed by atoms with Gasteiger partial charge in [-0.2, -0.15) is 5.26 Å². The summed E-state index contributed by atoms with van der Waals surface area (Å²) in [5.74, 6) is -2.58. The van der Waals surface area contributed by atoms with E-state index in [1.54, 1.807) is 42.5 Å². The van der Waals surface area contributed by atoms with Gasteiger partial charge in [0.1, 0.15) is 0 Å². The molecule has 0 atom stereocenters. The van der Waals surface area contributed by atoms with Gasteiger partial charge in [-0.3, -0.25) is 4.79 Å². The molecule has 1 N–H and O–H groups in total. The minimum absolute atomic E-state index is 0.0111. The van der Waals surface area contributed by atoms with E-state index in [0.717, 1.165) is 5.39 Å². The van der Waals surface area contributed by atoms with Crippen molar-refractivity contribution >= 4 is 34.3 Å². The van der Waals surface area contributed by atoms with Crippen molar-refractivity contribution in [2.75, 3.05) is 0 Å². The molecule has 2 aromatic carbocycles. The van der Waals surface area contributed by atoms with Crippen molar-refractivity contribution in [3.8, 4) is 6.07 Å². The van der Waals surface area contributed by atoms with Crippen molar-refractivity contribution in [2.24, 2.45) is 0 Å². The van der Waals surface area contributed by atoms with Gasteiger partial charge in [0.05, 0.1) is 28.4 Å². The Labute approximate surface area is 143 Å². The van der Waals surface area contributed by atoms with Gasteiger partial charge in [-0.15, -0.1) is 0 Å². The molecule has 5 heteroatoms. The molecule has 0 aliphatic carbocycles. The standard InChI is InChI=1S/C20H12N2O3/c21-12-14-7-5-13(6-8-14)11-16(19(23)20(24)25)18-10-9-15-3-1-2-4-17(15)22-18/h1-11H,(H,24,25)/b16-11+. The van der Waals surface area contributed by atoms with Crippen molar-refractivity contribution in [1.82, 2.24) is 4.98 Å². The lowest BCUT2D eigenvalue weighted by molar-refractivity contribution is -0.146. The molecule has 120 valence electrons. The molecule has 0 spiro atoms. The average Bonchev–Trinajstić information content (AvgIpc) is 2.65. The van der Waals surface area contributed by atoms with Crippen LogP contribution in [0.25, 0.3) is 22.6 Å². The highest BCUT2D eigenvalue weighted by atomic mass is 16.4. The zero-order valence-electron chi connectivity index (χ0n) is 13.0. The first-order valence-electron chi connectivity index (χ1n) is 7.44. The number of hydrogen-bond donors (Lipinski definition) is 1. The van der Waals surface area contributed by atoms with E-state index in [2.05, 4.69) is 4.98 Å². The molecule has 0 bridgehead atoms. The summed E-state index contributed by atoms with van der Waals surface area (Å²) in [5.41, 5.74) is 2.04. The van der Waals surface area contributed by atoms with E-state index in [0.29, 0.717) is 16.6 Å². The smallest absolute Gasteiger partial charge is 0.377 e. The van der Waals surface area contributed by atoms with Crippen molar-refractivity contribution < 1.29 is 14.7 Å². The highest BCUT2D eigenvalue weighted by Crippen LogP contribution is 2.21. The first-order valence-corrected chi connectivity index (χ1v) is 7.44. The van der Waals surface area contributed by atoms with Gasteiger partial charge in [-0.1, -0.05) is 36.4 Å². The first-order chi connectivity index (χ1) is 12.1. The van der Waals surface area contributed by atoms with Crippen LogP contribution >= 0.6 is 0 Å². The number of benzene rings is 2. The average molecular weight is 328 g/mol. The second-order valence-electron chi connectivity index (χ2n) is 5.32. The maximum Gasteiger partial charge on any atom is 0.377 e. The number of fused-ring (bicyclic) bond motifs is 1. The molecule has 0 amide bonds. The van der Waals surface area contributed by atoms with Crippen LogP contribution < -0.4 is 0 Å². The van der Waals surface area contributed by atoms with Crippen molar-refractivity contribution in [3.63, 3.8) is 0 Å². The Morgan fingerprint density at radius 2 is 1.72 bits per heavy atom. The topological polar surface area (TPSA) is 91.0 Å². The molecule has 0 saturated heterocycles. The van der Waals surface area contributed by atoms with Gasteiger partial charge < -0.3 is 5.11 Å². The van der Waals surface area contributed by atoms with Crippen LogP contribution in [0.1, 0.15) is 16.8 Å². The summed E-state index contributed by atoms with van der Waals surface area (Å²) in [6.45, 7) is 0. The van der Waals surface area contributed by atoms with Gasteiger partial charge in [-0.25, -0.2) is 9.78 Å². The molecular weight excluding hydrogens is 316 g/mol. The Kier molecular flexibility index (Phi) is 4.36. The first kappa shape index (κ1) is 16.1. The number of aliphatic carboxylic acids is 1. The SMILES string of the molecule is N#Cc1ccc(/C=C(/C(=O)C(=O)O)c2ccc3ccccc3n2)cc1. The number of aromatic nitrogens is 1. The highest BCUT2D eigenvalue weighted by molar-refractivity contribution is 6.52. The molecule has 5 nitrogen and oxygen atoms in total. The molecule has 0 unspecified atom stereocenters. The minimum atomic E-state index is -1.55. The van der Waals surface area contributed by atoms with Crippen LogP contribution in [-0.2, 0) is 9.59 Å². The Morgan fingerprint density at radius 1 is 1.00 bits per heavy atom. The number of nitrogens with zero attached hydrogens (tertiary/aromatic N) is 2. The van der Waals surface area contributed by atoms with E-state index in [9.17, 15) is 9.59 Å². The molecule has 0 radical (unpaired) electrons. The van der Waals surface area contributed by atoms with Gasteiger partial charge in [-0.05, 0) is 35.9 Å². The molecule has 3 aromatic rings. The zero-order chi connectivity index (χ0) is 17.8. The number of rotatable bonds is 4. The van der Waals surface area contributed by atoms with Crippen LogP contribution in [0.4, 0.5) is 0 Å². The number of Topliss-reactive ketones (excluding diaryl/α,β-unsaturated/α-hetero) is 1. The van der Waals surface area contributed by atoms with Gasteiger partial charge in [0.2, 0.25) is 0 Å². The van der Waals surface area contributed by atoms with Gasteiger partial charge in [0, 0.05) is 5.39 Å². The van der Waals surface area contributed by atoms with E-state index >= 15 is 0 Å². The number of para-hydroxylation sites is 1. The summed E-state index contributed by atoms with van der Waals surface area (Å²) < 4.78 is 0. The molecule has 0 saturated carbocycles. The molecule has 25 heavy (non-hydrogen) atoms. The third-order valence-corrected chi connectivity index (χ3v) is 3.66. The van der Waals surface area contributed by atoms with Crippen molar-refractivity contribution in [2.45, 2.75) is 0 Å². The predicted molar refractivity (Wildman–Crippen MR) is 93.4 cm³/mol. The Morgan fingerprint density at radius 3 is 2.40 bits per heavy atom. The van der Waals surface area contributed by atoms with Crippen LogP contribution in [0.3, 0.4) is 0 Å². The number of nitriles is 1. The Hall–Kier alpha value is -3.78. The summed E-state index contributed by atoms with van der Waals surface area (Å²) in [4.78, 5) is 27.8. The summed E-state index contributed by atoms with van der Waals surface area (Å²) >= 11 is 0. The van der Waals surface area contributed by atoms with Crippen LogP contribution in [0.2, 0.25) is 0 Å². The van der Waals surface area contributed by atoms with Crippen LogP contribution in [0, 0.1) is 11.3 Å². The molecule has 3 rings (SSSR count). The second kappa shape index (κ2) is 6.77. The number of carbonyl (C=O) groups excluding carboxylic acids is 1. The predicted octanol–water partition coefficient (Wildman–Crippen LogP) is 3.30. The van der Waals surface area contributed by atoms with E-state index in [-0.39, 0.29) is 11.3 Å². The largest absolute Gasteiger partial charge is 0.475 e. The number of pyridine rings is 1. The monoisotopic (exact) mass is 328 g/mol. The van der Waals surface area contributed by atoms with E-state index in [1.165, 1.54) is 6.08 Å². The third kappa shape index (κ3) is 3.43. The summed E-state index contributed by atoms with van der Waals surface area (Å²) in [7, 11) is 0. The quantitative estimate of drug-likeness (QED) is 0.586. The summed E-state index contributed by atoms with van der Waals surface area (Å²) in [5, 5.41) is 18.9. The van der Waals surface area contributed by atoms with E-state index in [4.69, 9.17) is 10.4 Å². The van der Waals surface area contributed by atoms with Crippen LogP contribution in [0.15, 0.2) is 60.7 Å². The van der Waals surface area contributed by atoms with Crippen molar-refractivity contribution in [3.05, 3.63) is 77.5 Å². The summed E-state index contributed by atoms with van der Waals surface area (Å²) in [6.07, 6.45) is 1.47. The third-order valence-electron chi connectivity index (χ3n) is 3.66. The Balaban J connectivity index is 2.13. The van der Waals surface area contributed by atoms with Crippen molar-refractivity contribution in [1.29, 1.82) is 5.26 Å². The molecule has 0 aliphatic heterocycles. The number of hydrogen-bond acceptors (Lipinski definition) is 4. The van der Waals surface area contributed by atoms with Gasteiger partial charge >= 0.3 is 5.97 Å². The fraction of sp³-hybridized carbons (Fsp3) is 0. The number of carbonyl (C=O) groups is 2. The molecule has 1 heterocycles. The van der Waals surface area contributed by atoms with Crippen LogP contribution in [-0.4, -0.2) is 21.8 Å². The maximum absolute atomic E-state index is 12.1. The highest BCUT2D eigenvalue weighted by Gasteiger charge is 2.21. The maximum atomic E-state index is 12.1. The van der Waals surface area contributed by atoms with Gasteiger partial charge in [0.15, 0.2) is 0 Å². The number of carboxylic acid groups (broad SMARTS) is 1. The minimum Gasteiger partial charge on any atom is -0.475 e. The Bertz CT molecular complexity index is 1040. The molecule has 0 fully saturated rings. The second-order valence-corrected chi connectivity index (χ2v) is 5.32. The lowest BCUT2D eigenvalue weighted by atomic mass is 10.0. The number of carboxylic acids is 1. The fourth-order valence-electron chi connectivity index (χ4n) is 2.41. The zero-order valence-corrected chi connectivity index (χ0v) is 13.0. The molecule has 1 aromatic heterocycles. The molecular formula is C20H12N2O3. The van der Waals surface area contributed by atoms with Crippen LogP contribution in [0.5, 0.6) is 0 Å². The summed E-state index contributed by atoms with van der Waals surface area (Å²) in [6, 6.07) is 19.3. The van der Waals surface area contributed by atoms with E-state index in [1.807, 2.05) is 24.3 Å². The van der Waals surface area contributed by atoms with Gasteiger partial charge in [0.25, 0.3) is 5.78 Å². The lowest BCUT2D eigenvalue weighted by Gasteiger charge is -2.06. The lowest BCUT2D eigenvalue weighted by Crippen LogP contribution is -2.15. The van der Waals surface area contributed by atoms with E-state index < -0.39 is 11.8 Å². The molecule has 0 aliphatic rings. The fourth-order valence-corrected chi connectivity index (χ4v) is 2.41.